The van der Waals surface area contributed by atoms with E-state index in [2.05, 4.69) is 69.8 Å². The molecule has 4 nitrogen and oxygen atoms in total. The fraction of sp³-hybridized carbons (Fsp3) is 0.286. The smallest absolute Gasteiger partial charge is 0.101 e. The van der Waals surface area contributed by atoms with Crippen LogP contribution < -0.4 is 10.2 Å². The highest BCUT2D eigenvalue weighted by molar-refractivity contribution is 5.88. The topological polar surface area (TPSA) is 54.9 Å². The van der Waals surface area contributed by atoms with Gasteiger partial charge < -0.3 is 15.2 Å². The van der Waals surface area contributed by atoms with Gasteiger partial charge in [0.05, 0.1) is 5.56 Å². The molecule has 1 fully saturated rings. The van der Waals surface area contributed by atoms with Crippen LogP contribution in [0.4, 0.5) is 5.69 Å². The van der Waals surface area contributed by atoms with E-state index in [1.54, 1.807) is 6.20 Å². The Hall–Kier alpha value is -2.77. The zero-order valence-electron chi connectivity index (χ0n) is 14.2. The predicted molar refractivity (Wildman–Crippen MR) is 102 cm³/mol. The summed E-state index contributed by atoms with van der Waals surface area (Å²) in [6.45, 7) is 3.01. The second-order valence-electron chi connectivity index (χ2n) is 6.64. The number of H-pyrrole nitrogens is 1. The van der Waals surface area contributed by atoms with E-state index in [0.29, 0.717) is 11.6 Å². The van der Waals surface area contributed by atoms with E-state index in [0.717, 1.165) is 43.4 Å². The molecule has 0 amide bonds. The molecule has 1 saturated heterocycles. The summed E-state index contributed by atoms with van der Waals surface area (Å²) in [7, 11) is 0. The van der Waals surface area contributed by atoms with E-state index in [9.17, 15) is 5.26 Å². The third-order valence-electron chi connectivity index (χ3n) is 5.06. The normalized spacial score (nSPS) is 15.2. The quantitative estimate of drug-likeness (QED) is 0.765. The molecule has 0 bridgehead atoms. The lowest BCUT2D eigenvalue weighted by molar-refractivity contribution is 0.428. The number of nitriles is 1. The molecule has 4 heteroatoms. The van der Waals surface area contributed by atoms with E-state index in [1.807, 2.05) is 0 Å². The third kappa shape index (κ3) is 3.24. The largest absolute Gasteiger partial charge is 0.364 e. The molecule has 3 aromatic rings. The van der Waals surface area contributed by atoms with Crippen molar-refractivity contribution in [3.05, 3.63) is 65.9 Å². The zero-order chi connectivity index (χ0) is 17.1. The molecule has 0 unspecified atom stereocenters. The lowest BCUT2D eigenvalue weighted by Gasteiger charge is -2.36. The number of nitrogens with zero attached hydrogens (tertiary/aromatic N) is 2. The summed E-state index contributed by atoms with van der Waals surface area (Å²) in [5.41, 5.74) is 4.24. The van der Waals surface area contributed by atoms with Gasteiger partial charge in [-0.3, -0.25) is 0 Å². The van der Waals surface area contributed by atoms with Crippen LogP contribution in [-0.4, -0.2) is 24.1 Å². The zero-order valence-corrected chi connectivity index (χ0v) is 14.2. The van der Waals surface area contributed by atoms with Crippen molar-refractivity contribution in [1.29, 1.82) is 5.26 Å². The first kappa shape index (κ1) is 15.7. The van der Waals surface area contributed by atoms with Crippen LogP contribution in [0.5, 0.6) is 0 Å². The summed E-state index contributed by atoms with van der Waals surface area (Å²) < 4.78 is 0. The fourth-order valence-electron chi connectivity index (χ4n) is 3.71. The fourth-order valence-corrected chi connectivity index (χ4v) is 3.71. The minimum atomic E-state index is 0.517. The Labute approximate surface area is 148 Å². The van der Waals surface area contributed by atoms with E-state index in [-0.39, 0.29) is 0 Å². The lowest BCUT2D eigenvalue weighted by atomic mass is 10.0. The second kappa shape index (κ2) is 7.00. The Bertz CT molecular complexity index is 885. The monoisotopic (exact) mass is 330 g/mol. The Kier molecular flexibility index (Phi) is 4.41. The number of hydrogen-bond acceptors (Lipinski definition) is 3. The van der Waals surface area contributed by atoms with Crippen molar-refractivity contribution in [3.63, 3.8) is 0 Å². The first-order valence-corrected chi connectivity index (χ1v) is 8.87. The van der Waals surface area contributed by atoms with Crippen LogP contribution in [0, 0.1) is 11.3 Å². The number of rotatable bonds is 4. The Balaban J connectivity index is 1.72. The first-order chi connectivity index (χ1) is 12.3. The molecule has 0 aliphatic carbocycles. The van der Waals surface area contributed by atoms with Gasteiger partial charge in [-0.25, -0.2) is 0 Å². The van der Waals surface area contributed by atoms with Gasteiger partial charge in [-0.1, -0.05) is 30.3 Å². The average molecular weight is 330 g/mol. The number of piperidine rings is 1. The molecule has 0 saturated carbocycles. The van der Waals surface area contributed by atoms with E-state index >= 15 is 0 Å². The Morgan fingerprint density at radius 3 is 2.64 bits per heavy atom. The minimum absolute atomic E-state index is 0.517. The summed E-state index contributed by atoms with van der Waals surface area (Å²) >= 11 is 0. The molecule has 0 radical (unpaired) electrons. The molecular formula is C21H22N4. The van der Waals surface area contributed by atoms with Crippen molar-refractivity contribution < 1.29 is 0 Å². The molecule has 4 rings (SSSR count). The van der Waals surface area contributed by atoms with Crippen LogP contribution in [0.25, 0.3) is 10.9 Å². The summed E-state index contributed by atoms with van der Waals surface area (Å²) in [4.78, 5) is 5.69. The maximum atomic E-state index is 9.35. The molecule has 2 heterocycles. The van der Waals surface area contributed by atoms with Gasteiger partial charge in [0, 0.05) is 35.4 Å². The molecule has 25 heavy (non-hydrogen) atoms. The second-order valence-corrected chi connectivity index (χ2v) is 6.64. The first-order valence-electron chi connectivity index (χ1n) is 8.87. The highest BCUT2D eigenvalue weighted by Gasteiger charge is 2.22. The van der Waals surface area contributed by atoms with Crippen LogP contribution in [0.2, 0.25) is 0 Å². The molecule has 0 spiro atoms. The van der Waals surface area contributed by atoms with Gasteiger partial charge in [-0.05, 0) is 49.7 Å². The van der Waals surface area contributed by atoms with Crippen molar-refractivity contribution in [2.75, 3.05) is 18.0 Å². The molecule has 1 aromatic heterocycles. The van der Waals surface area contributed by atoms with Crippen LogP contribution in [-0.2, 0) is 6.54 Å². The van der Waals surface area contributed by atoms with E-state index < -0.39 is 0 Å². The molecule has 0 atom stereocenters. The Morgan fingerprint density at radius 2 is 1.88 bits per heavy atom. The van der Waals surface area contributed by atoms with Gasteiger partial charge in [-0.15, -0.1) is 0 Å². The van der Waals surface area contributed by atoms with Crippen LogP contribution in [0.15, 0.2) is 54.7 Å². The molecular weight excluding hydrogens is 308 g/mol. The van der Waals surface area contributed by atoms with Crippen molar-refractivity contribution in [2.24, 2.45) is 0 Å². The van der Waals surface area contributed by atoms with Crippen molar-refractivity contribution >= 4 is 16.6 Å². The maximum absolute atomic E-state index is 9.35. The van der Waals surface area contributed by atoms with Gasteiger partial charge >= 0.3 is 0 Å². The predicted octanol–water partition coefficient (Wildman–Crippen LogP) is 3.80. The summed E-state index contributed by atoms with van der Waals surface area (Å²) in [6, 6.07) is 19.8. The van der Waals surface area contributed by atoms with Gasteiger partial charge in [0.2, 0.25) is 0 Å². The van der Waals surface area contributed by atoms with Gasteiger partial charge in [0.25, 0.3) is 0 Å². The Morgan fingerprint density at radius 1 is 1.08 bits per heavy atom. The van der Waals surface area contributed by atoms with Crippen LogP contribution in [0.3, 0.4) is 0 Å². The standard InChI is InChI=1S/C21H22N4/c22-13-17-14-24-21-7-6-19(12-20(17)21)25(18-8-10-23-11-9-18)15-16-4-2-1-3-5-16/h1-7,12,14,18,23-24H,8-11,15H2. The number of fused-ring (bicyclic) bond motifs is 1. The molecule has 126 valence electrons. The lowest BCUT2D eigenvalue weighted by Crippen LogP contribution is -2.43. The van der Waals surface area contributed by atoms with Crippen LogP contribution >= 0.6 is 0 Å². The number of benzene rings is 2. The van der Waals surface area contributed by atoms with Gasteiger partial charge in [0.1, 0.15) is 6.07 Å². The highest BCUT2D eigenvalue weighted by Crippen LogP contribution is 2.29. The van der Waals surface area contributed by atoms with Gasteiger partial charge in [0.15, 0.2) is 0 Å². The van der Waals surface area contributed by atoms with E-state index in [1.165, 1.54) is 11.3 Å². The summed E-state index contributed by atoms with van der Waals surface area (Å²) in [6.07, 6.45) is 4.08. The molecule has 1 aliphatic rings. The highest BCUT2D eigenvalue weighted by atomic mass is 15.2. The summed E-state index contributed by atoms with van der Waals surface area (Å²) in [5.74, 6) is 0. The van der Waals surface area contributed by atoms with Gasteiger partial charge in [-0.2, -0.15) is 5.26 Å². The number of anilines is 1. The number of aromatic nitrogens is 1. The summed E-state index contributed by atoms with van der Waals surface area (Å²) in [5, 5.41) is 13.8. The third-order valence-corrected chi connectivity index (χ3v) is 5.06. The molecule has 2 aromatic carbocycles. The number of nitrogens with one attached hydrogen (secondary N) is 2. The number of hydrogen-bond donors (Lipinski definition) is 2. The molecule has 2 N–H and O–H groups in total. The van der Waals surface area contributed by atoms with E-state index in [4.69, 9.17) is 0 Å². The van der Waals surface area contributed by atoms with Crippen molar-refractivity contribution in [2.45, 2.75) is 25.4 Å². The van der Waals surface area contributed by atoms with Crippen molar-refractivity contribution in [3.8, 4) is 6.07 Å². The number of aromatic amines is 1. The maximum Gasteiger partial charge on any atom is 0.101 e. The molecule has 1 aliphatic heterocycles. The minimum Gasteiger partial charge on any atom is -0.364 e. The van der Waals surface area contributed by atoms with Crippen LogP contribution in [0.1, 0.15) is 24.0 Å². The van der Waals surface area contributed by atoms with Crippen molar-refractivity contribution in [1.82, 2.24) is 10.3 Å². The SMILES string of the molecule is N#Cc1c[nH]c2ccc(N(Cc3ccccc3)C3CCNCC3)cc12. The average Bonchev–Trinajstić information content (AvgIpc) is 3.10.